The highest BCUT2D eigenvalue weighted by molar-refractivity contribution is 5.50. The average Bonchev–Trinajstić information content (AvgIpc) is 2.03. The van der Waals surface area contributed by atoms with E-state index >= 15 is 0 Å². The van der Waals surface area contributed by atoms with E-state index in [0.717, 1.165) is 6.08 Å². The van der Waals surface area contributed by atoms with E-state index in [0.29, 0.717) is 5.57 Å². The third-order valence-corrected chi connectivity index (χ3v) is 1.77. The molecular weight excluding hydrogens is 177 g/mol. The molecule has 0 heterocycles. The highest BCUT2D eigenvalue weighted by atomic mass is 19.4. The van der Waals surface area contributed by atoms with Crippen molar-refractivity contribution in [3.8, 4) is 0 Å². The zero-order valence-electron chi connectivity index (χ0n) is 7.44. The Balaban J connectivity index is 3.04. The third kappa shape index (κ3) is 2.17. The molecule has 1 aliphatic carbocycles. The van der Waals surface area contributed by atoms with Gasteiger partial charge in [-0.25, -0.2) is 0 Å². The Hall–Kier alpha value is -1.12. The number of allylic oxidation sites excluding steroid dienone is 6. The Bertz CT molecular complexity index is 275. The van der Waals surface area contributed by atoms with Crippen molar-refractivity contribution in [3.63, 3.8) is 0 Å². The lowest BCUT2D eigenvalue weighted by atomic mass is 9.91. The van der Waals surface area contributed by atoms with Crippen LogP contribution in [-0.4, -0.2) is 6.18 Å². The summed E-state index contributed by atoms with van der Waals surface area (Å²) in [4.78, 5) is 0. The molecule has 0 amide bonds. The van der Waals surface area contributed by atoms with Crippen molar-refractivity contribution in [1.29, 1.82) is 0 Å². The van der Waals surface area contributed by atoms with Crippen LogP contribution in [0.2, 0.25) is 0 Å². The van der Waals surface area contributed by atoms with E-state index in [1.807, 2.05) is 0 Å². The van der Waals surface area contributed by atoms with E-state index in [1.165, 1.54) is 12.2 Å². The lowest BCUT2D eigenvalue weighted by Gasteiger charge is -2.14. The van der Waals surface area contributed by atoms with Gasteiger partial charge < -0.3 is 0 Å². The van der Waals surface area contributed by atoms with Crippen LogP contribution in [0, 0.1) is 5.92 Å². The van der Waals surface area contributed by atoms with Gasteiger partial charge in [-0.3, -0.25) is 0 Å². The van der Waals surface area contributed by atoms with Crippen LogP contribution in [0.5, 0.6) is 0 Å². The summed E-state index contributed by atoms with van der Waals surface area (Å²) >= 11 is 0. The van der Waals surface area contributed by atoms with E-state index < -0.39 is 12.1 Å². The minimum absolute atomic E-state index is 0.273. The molecule has 1 aliphatic rings. The molecule has 0 bridgehead atoms. The smallest absolute Gasteiger partial charge is 0.157 e. The standard InChI is InChI=1S/C10H10F3/c1-7(2)8-5-3-4-6-9(8)10(11,12)13/h3-6H,1-2H3/q+1. The fraction of sp³-hybridized carbons (Fsp3) is 0.300. The van der Waals surface area contributed by atoms with Crippen LogP contribution in [-0.2, 0) is 0 Å². The summed E-state index contributed by atoms with van der Waals surface area (Å²) in [7, 11) is 0. The molecular formula is C10H10F3+. The lowest BCUT2D eigenvalue weighted by molar-refractivity contribution is -0.104. The molecule has 70 valence electrons. The molecule has 0 aromatic carbocycles. The van der Waals surface area contributed by atoms with Gasteiger partial charge in [0, 0.05) is 29.9 Å². The Kier molecular flexibility index (Phi) is 2.55. The fourth-order valence-electron chi connectivity index (χ4n) is 1.17. The topological polar surface area (TPSA) is 0 Å². The molecule has 0 saturated carbocycles. The van der Waals surface area contributed by atoms with Gasteiger partial charge in [0.1, 0.15) is 5.57 Å². The highest BCUT2D eigenvalue weighted by Gasteiger charge is 2.46. The minimum atomic E-state index is -4.26. The predicted octanol–water partition coefficient (Wildman–Crippen LogP) is 3.59. The summed E-state index contributed by atoms with van der Waals surface area (Å²) in [5, 5.41) is 0. The van der Waals surface area contributed by atoms with Crippen molar-refractivity contribution in [2.75, 3.05) is 0 Å². The van der Waals surface area contributed by atoms with Crippen LogP contribution < -0.4 is 0 Å². The maximum atomic E-state index is 12.4. The normalized spacial score (nSPS) is 16.7. The van der Waals surface area contributed by atoms with E-state index in [-0.39, 0.29) is 5.57 Å². The second-order valence-electron chi connectivity index (χ2n) is 3.04. The molecule has 0 atom stereocenters. The predicted molar refractivity (Wildman–Crippen MR) is 46.0 cm³/mol. The summed E-state index contributed by atoms with van der Waals surface area (Å²) in [5.74, 6) is -0.560. The van der Waals surface area contributed by atoms with Gasteiger partial charge in [-0.15, -0.1) is 0 Å². The number of hydrogen-bond acceptors (Lipinski definition) is 0. The first-order valence-corrected chi connectivity index (χ1v) is 3.89. The maximum Gasteiger partial charge on any atom is 0.455 e. The lowest BCUT2D eigenvalue weighted by Crippen LogP contribution is -2.21. The van der Waals surface area contributed by atoms with Crippen molar-refractivity contribution < 1.29 is 13.2 Å². The molecule has 1 rings (SSSR count). The van der Waals surface area contributed by atoms with E-state index in [1.54, 1.807) is 19.9 Å². The van der Waals surface area contributed by atoms with Crippen molar-refractivity contribution in [3.05, 3.63) is 41.4 Å². The van der Waals surface area contributed by atoms with Crippen LogP contribution in [0.15, 0.2) is 35.5 Å². The second kappa shape index (κ2) is 3.32. The highest BCUT2D eigenvalue weighted by Crippen LogP contribution is 2.38. The molecule has 0 nitrogen and oxygen atoms in total. The SMILES string of the molecule is CC(C)=C1C=CC=C[C+]1C(F)(F)F. The average molecular weight is 187 g/mol. The molecule has 0 aromatic rings. The molecule has 0 saturated heterocycles. The Labute approximate surface area is 75.4 Å². The van der Waals surface area contributed by atoms with Crippen molar-refractivity contribution in [1.82, 2.24) is 0 Å². The van der Waals surface area contributed by atoms with Crippen LogP contribution in [0.1, 0.15) is 13.8 Å². The van der Waals surface area contributed by atoms with Gasteiger partial charge in [0.25, 0.3) is 0 Å². The van der Waals surface area contributed by atoms with Crippen LogP contribution in [0.25, 0.3) is 0 Å². The third-order valence-electron chi connectivity index (χ3n) is 1.77. The van der Waals surface area contributed by atoms with Gasteiger partial charge in [-0.05, 0) is 13.8 Å². The van der Waals surface area contributed by atoms with Crippen LogP contribution >= 0.6 is 0 Å². The molecule has 0 spiro atoms. The zero-order chi connectivity index (χ0) is 10.1. The molecule has 0 aromatic heterocycles. The molecule has 0 N–H and O–H groups in total. The molecule has 0 unspecified atom stereocenters. The summed E-state index contributed by atoms with van der Waals surface area (Å²) in [6.45, 7) is 3.34. The number of halogens is 3. The molecule has 3 heteroatoms. The molecule has 0 radical (unpaired) electrons. The first-order valence-electron chi connectivity index (χ1n) is 3.89. The number of alkyl halides is 3. The molecule has 0 aliphatic heterocycles. The van der Waals surface area contributed by atoms with Gasteiger partial charge in [0.15, 0.2) is 5.92 Å². The first-order chi connectivity index (χ1) is 5.93. The maximum absolute atomic E-state index is 12.4. The van der Waals surface area contributed by atoms with Gasteiger partial charge in [0.05, 0.1) is 0 Å². The first kappa shape index (κ1) is 9.96. The van der Waals surface area contributed by atoms with Gasteiger partial charge in [-0.1, -0.05) is 0 Å². The van der Waals surface area contributed by atoms with Crippen molar-refractivity contribution in [2.24, 2.45) is 0 Å². The monoisotopic (exact) mass is 187 g/mol. The van der Waals surface area contributed by atoms with Crippen LogP contribution in [0.4, 0.5) is 13.2 Å². The quantitative estimate of drug-likeness (QED) is 0.508. The van der Waals surface area contributed by atoms with Gasteiger partial charge in [-0.2, -0.15) is 13.2 Å². The molecule has 0 fully saturated rings. The Morgan fingerprint density at radius 1 is 1.23 bits per heavy atom. The van der Waals surface area contributed by atoms with Crippen molar-refractivity contribution in [2.45, 2.75) is 20.0 Å². The zero-order valence-corrected chi connectivity index (χ0v) is 7.44. The second-order valence-corrected chi connectivity index (χ2v) is 3.04. The van der Waals surface area contributed by atoms with Gasteiger partial charge >= 0.3 is 6.18 Å². The summed E-state index contributed by atoms with van der Waals surface area (Å²) in [6.07, 6.45) is 1.33. The van der Waals surface area contributed by atoms with E-state index in [2.05, 4.69) is 0 Å². The summed E-state index contributed by atoms with van der Waals surface area (Å²) in [5.41, 5.74) is 0.947. The van der Waals surface area contributed by atoms with E-state index in [4.69, 9.17) is 0 Å². The van der Waals surface area contributed by atoms with Crippen LogP contribution in [0.3, 0.4) is 0 Å². The van der Waals surface area contributed by atoms with E-state index in [9.17, 15) is 13.2 Å². The minimum Gasteiger partial charge on any atom is -0.157 e. The fourth-order valence-corrected chi connectivity index (χ4v) is 1.17. The van der Waals surface area contributed by atoms with Crippen molar-refractivity contribution >= 4 is 0 Å². The largest absolute Gasteiger partial charge is 0.455 e. The Morgan fingerprint density at radius 3 is 2.23 bits per heavy atom. The Morgan fingerprint density at radius 2 is 1.85 bits per heavy atom. The number of rotatable bonds is 0. The summed E-state index contributed by atoms with van der Waals surface area (Å²) in [6, 6.07) is 0. The summed E-state index contributed by atoms with van der Waals surface area (Å²) < 4.78 is 37.2. The number of hydrogen-bond donors (Lipinski definition) is 0. The molecule has 13 heavy (non-hydrogen) atoms. The van der Waals surface area contributed by atoms with Gasteiger partial charge in [0.2, 0.25) is 0 Å².